The number of pyridine rings is 1. The third kappa shape index (κ3) is 5.15. The van der Waals surface area contributed by atoms with Crippen LogP contribution >= 0.6 is 0 Å². The fraction of sp³-hybridized carbons (Fsp3) is 0.409. The van der Waals surface area contributed by atoms with Crippen molar-refractivity contribution in [3.05, 3.63) is 59.5 Å². The standard InChI is InChI=1S/C22H26FN3O2/c1-16(27)25-20-10-9-17(15-24-20)11-14-22(12-5-2-6-13-22)26-21(28)18-7-3-4-8-19(18)23/h3-4,7-10,15H,2,5-6,11-14H2,1H3,(H,26,28)(H,24,25,27). The monoisotopic (exact) mass is 383 g/mol. The van der Waals surface area contributed by atoms with E-state index in [1.807, 2.05) is 6.07 Å². The van der Waals surface area contributed by atoms with Gasteiger partial charge in [-0.25, -0.2) is 9.37 Å². The second kappa shape index (κ2) is 8.95. The number of amides is 2. The topological polar surface area (TPSA) is 71.1 Å². The first-order valence-corrected chi connectivity index (χ1v) is 9.77. The summed E-state index contributed by atoms with van der Waals surface area (Å²) in [5.41, 5.74) is 0.807. The van der Waals surface area contributed by atoms with Gasteiger partial charge in [-0.15, -0.1) is 0 Å². The maximum atomic E-state index is 14.0. The molecule has 0 aliphatic heterocycles. The number of hydrogen-bond acceptors (Lipinski definition) is 3. The molecule has 0 unspecified atom stereocenters. The molecule has 1 aliphatic carbocycles. The number of rotatable bonds is 6. The number of nitrogens with one attached hydrogen (secondary N) is 2. The number of aromatic nitrogens is 1. The van der Waals surface area contributed by atoms with Crippen LogP contribution in [-0.4, -0.2) is 22.3 Å². The number of aryl methyl sites for hydroxylation is 1. The fourth-order valence-corrected chi connectivity index (χ4v) is 3.83. The second-order valence-electron chi connectivity index (χ2n) is 7.51. The highest BCUT2D eigenvalue weighted by Crippen LogP contribution is 2.32. The first-order chi connectivity index (χ1) is 13.5. The van der Waals surface area contributed by atoms with Crippen molar-refractivity contribution >= 4 is 17.6 Å². The summed E-state index contributed by atoms with van der Waals surface area (Å²) in [7, 11) is 0. The average molecular weight is 383 g/mol. The van der Waals surface area contributed by atoms with E-state index in [1.165, 1.54) is 19.1 Å². The molecule has 3 rings (SSSR count). The number of benzene rings is 1. The van der Waals surface area contributed by atoms with E-state index in [0.717, 1.165) is 50.5 Å². The highest BCUT2D eigenvalue weighted by atomic mass is 19.1. The smallest absolute Gasteiger partial charge is 0.254 e. The molecule has 0 bridgehead atoms. The highest BCUT2D eigenvalue weighted by molar-refractivity contribution is 5.95. The summed E-state index contributed by atoms with van der Waals surface area (Å²) in [6.07, 6.45) is 8.33. The zero-order valence-corrected chi connectivity index (χ0v) is 16.1. The van der Waals surface area contributed by atoms with Gasteiger partial charge in [0.25, 0.3) is 5.91 Å². The minimum atomic E-state index is -0.497. The van der Waals surface area contributed by atoms with Crippen LogP contribution < -0.4 is 10.6 Å². The molecule has 5 nitrogen and oxygen atoms in total. The number of nitrogens with zero attached hydrogens (tertiary/aromatic N) is 1. The molecule has 1 aliphatic rings. The molecule has 2 aromatic rings. The normalized spacial score (nSPS) is 15.6. The lowest BCUT2D eigenvalue weighted by Crippen LogP contribution is -2.50. The number of halogens is 1. The number of hydrogen-bond donors (Lipinski definition) is 2. The van der Waals surface area contributed by atoms with Crippen molar-refractivity contribution in [1.29, 1.82) is 0 Å². The van der Waals surface area contributed by atoms with Gasteiger partial charge in [-0.05, 0) is 49.4 Å². The predicted molar refractivity (Wildman–Crippen MR) is 107 cm³/mol. The van der Waals surface area contributed by atoms with Crippen LogP contribution in [0.1, 0.15) is 61.4 Å². The highest BCUT2D eigenvalue weighted by Gasteiger charge is 2.34. The molecule has 1 heterocycles. The van der Waals surface area contributed by atoms with E-state index in [-0.39, 0.29) is 22.9 Å². The van der Waals surface area contributed by atoms with Crippen molar-refractivity contribution in [2.45, 2.75) is 57.4 Å². The molecule has 2 N–H and O–H groups in total. The van der Waals surface area contributed by atoms with E-state index in [0.29, 0.717) is 5.82 Å². The van der Waals surface area contributed by atoms with Crippen LogP contribution in [0.15, 0.2) is 42.6 Å². The zero-order valence-electron chi connectivity index (χ0n) is 16.1. The molecule has 0 spiro atoms. The van der Waals surface area contributed by atoms with E-state index in [9.17, 15) is 14.0 Å². The van der Waals surface area contributed by atoms with E-state index in [1.54, 1.807) is 24.4 Å². The molecule has 1 saturated carbocycles. The Kier molecular flexibility index (Phi) is 6.39. The number of carbonyl (C=O) groups is 2. The van der Waals surface area contributed by atoms with Gasteiger partial charge >= 0.3 is 0 Å². The van der Waals surface area contributed by atoms with Gasteiger partial charge in [-0.2, -0.15) is 0 Å². The third-order valence-electron chi connectivity index (χ3n) is 5.33. The van der Waals surface area contributed by atoms with Gasteiger partial charge in [0.15, 0.2) is 0 Å². The molecule has 28 heavy (non-hydrogen) atoms. The molecule has 1 fully saturated rings. The molecule has 1 aromatic carbocycles. The molecular weight excluding hydrogens is 357 g/mol. The Bertz CT molecular complexity index is 830. The number of anilines is 1. The molecule has 0 saturated heterocycles. The maximum absolute atomic E-state index is 14.0. The molecule has 2 amide bonds. The number of carbonyl (C=O) groups excluding carboxylic acids is 2. The lowest BCUT2D eigenvalue weighted by Gasteiger charge is -2.38. The summed E-state index contributed by atoms with van der Waals surface area (Å²) >= 11 is 0. The van der Waals surface area contributed by atoms with Gasteiger partial charge < -0.3 is 10.6 Å². The quantitative estimate of drug-likeness (QED) is 0.784. The first-order valence-electron chi connectivity index (χ1n) is 9.77. The Morgan fingerprint density at radius 2 is 1.86 bits per heavy atom. The fourth-order valence-electron chi connectivity index (χ4n) is 3.83. The summed E-state index contributed by atoms with van der Waals surface area (Å²) in [5.74, 6) is -0.475. The predicted octanol–water partition coefficient (Wildman–Crippen LogP) is 4.24. The molecule has 0 radical (unpaired) electrons. The van der Waals surface area contributed by atoms with Crippen LogP contribution in [0.2, 0.25) is 0 Å². The molecule has 0 atom stereocenters. The average Bonchev–Trinajstić information content (AvgIpc) is 2.68. The summed E-state index contributed by atoms with van der Waals surface area (Å²) < 4.78 is 14.0. The van der Waals surface area contributed by atoms with Crippen LogP contribution in [0, 0.1) is 5.82 Å². The van der Waals surface area contributed by atoms with Crippen molar-refractivity contribution < 1.29 is 14.0 Å². The van der Waals surface area contributed by atoms with Crippen molar-refractivity contribution in [2.24, 2.45) is 0 Å². The molecule has 1 aromatic heterocycles. The molecule has 148 valence electrons. The van der Waals surface area contributed by atoms with Crippen LogP contribution in [0.4, 0.5) is 10.2 Å². The summed E-state index contributed by atoms with van der Waals surface area (Å²) in [6, 6.07) is 9.81. The van der Waals surface area contributed by atoms with Gasteiger partial charge in [-0.1, -0.05) is 37.5 Å². The van der Waals surface area contributed by atoms with Gasteiger partial charge in [-0.3, -0.25) is 9.59 Å². The van der Waals surface area contributed by atoms with Crippen LogP contribution in [0.5, 0.6) is 0 Å². The van der Waals surface area contributed by atoms with Crippen molar-refractivity contribution in [3.8, 4) is 0 Å². The minimum Gasteiger partial charge on any atom is -0.347 e. The van der Waals surface area contributed by atoms with E-state index in [4.69, 9.17) is 0 Å². The lowest BCUT2D eigenvalue weighted by molar-refractivity contribution is -0.114. The molecule has 6 heteroatoms. The van der Waals surface area contributed by atoms with Crippen LogP contribution in [0.3, 0.4) is 0 Å². The van der Waals surface area contributed by atoms with Crippen molar-refractivity contribution in [1.82, 2.24) is 10.3 Å². The van der Waals surface area contributed by atoms with Crippen LogP contribution in [-0.2, 0) is 11.2 Å². The summed E-state index contributed by atoms with van der Waals surface area (Å²) in [5, 5.41) is 5.79. The zero-order chi connectivity index (χ0) is 20.0. The van der Waals surface area contributed by atoms with E-state index < -0.39 is 5.82 Å². The summed E-state index contributed by atoms with van der Waals surface area (Å²) in [6.45, 7) is 1.45. The SMILES string of the molecule is CC(=O)Nc1ccc(CCC2(NC(=O)c3ccccc3F)CCCCC2)cn1. The Balaban J connectivity index is 1.68. The Labute approximate surface area is 164 Å². The van der Waals surface area contributed by atoms with E-state index in [2.05, 4.69) is 15.6 Å². The largest absolute Gasteiger partial charge is 0.347 e. The Morgan fingerprint density at radius 3 is 2.50 bits per heavy atom. The van der Waals surface area contributed by atoms with Crippen LogP contribution in [0.25, 0.3) is 0 Å². The maximum Gasteiger partial charge on any atom is 0.254 e. The Hall–Kier alpha value is -2.76. The van der Waals surface area contributed by atoms with Gasteiger partial charge in [0, 0.05) is 18.7 Å². The first kappa shape index (κ1) is 20.0. The van der Waals surface area contributed by atoms with E-state index >= 15 is 0 Å². The van der Waals surface area contributed by atoms with Gasteiger partial charge in [0.2, 0.25) is 5.91 Å². The second-order valence-corrected chi connectivity index (χ2v) is 7.51. The third-order valence-corrected chi connectivity index (χ3v) is 5.33. The lowest BCUT2D eigenvalue weighted by atomic mass is 9.77. The molecular formula is C22H26FN3O2. The van der Waals surface area contributed by atoms with Crippen molar-refractivity contribution in [2.75, 3.05) is 5.32 Å². The van der Waals surface area contributed by atoms with Crippen molar-refractivity contribution in [3.63, 3.8) is 0 Å². The Morgan fingerprint density at radius 1 is 1.11 bits per heavy atom. The summed E-state index contributed by atoms with van der Waals surface area (Å²) in [4.78, 5) is 28.0. The van der Waals surface area contributed by atoms with Gasteiger partial charge in [0.1, 0.15) is 11.6 Å². The van der Waals surface area contributed by atoms with Gasteiger partial charge in [0.05, 0.1) is 5.56 Å². The minimum absolute atomic E-state index is 0.0915.